The summed E-state index contributed by atoms with van der Waals surface area (Å²) in [7, 11) is 0. The molecular weight excluding hydrogens is 294 g/mol. The Hall–Kier alpha value is -0.460. The van der Waals surface area contributed by atoms with E-state index in [-0.39, 0.29) is 0 Å². The highest BCUT2D eigenvalue weighted by Crippen LogP contribution is 2.17. The molecule has 0 saturated heterocycles. The van der Waals surface area contributed by atoms with Gasteiger partial charge in [-0.1, -0.05) is 6.07 Å². The lowest BCUT2D eigenvalue weighted by Crippen LogP contribution is -2.21. The lowest BCUT2D eigenvalue weighted by Gasteiger charge is -2.09. The zero-order valence-electron chi connectivity index (χ0n) is 6.53. The monoisotopic (exact) mass is 301 g/mol. The molecule has 1 aromatic rings. The fraction of sp³-hybridized carbons (Fsp3) is 0.250. The van der Waals surface area contributed by atoms with Gasteiger partial charge in [0.15, 0.2) is 0 Å². The highest BCUT2D eigenvalue weighted by atomic mass is 127. The molecule has 0 atom stereocenters. The number of hydrogen-bond donors (Lipinski definition) is 1. The van der Waals surface area contributed by atoms with E-state index in [9.17, 15) is 13.2 Å². The molecule has 0 aliphatic heterocycles. The van der Waals surface area contributed by atoms with Crippen molar-refractivity contribution in [2.45, 2.75) is 6.18 Å². The molecule has 0 aliphatic rings. The minimum atomic E-state index is -4.17. The first kappa shape index (κ1) is 10.6. The van der Waals surface area contributed by atoms with Crippen LogP contribution in [0.1, 0.15) is 0 Å². The Morgan fingerprint density at radius 3 is 2.54 bits per heavy atom. The number of benzene rings is 1. The molecule has 0 spiro atoms. The molecule has 0 saturated carbocycles. The van der Waals surface area contributed by atoms with Crippen molar-refractivity contribution in [3.8, 4) is 0 Å². The number of hydrogen-bond acceptors (Lipinski definition) is 1. The Morgan fingerprint density at radius 2 is 2.00 bits per heavy atom. The summed E-state index contributed by atoms with van der Waals surface area (Å²) in [4.78, 5) is 0. The lowest BCUT2D eigenvalue weighted by molar-refractivity contribution is -0.115. The summed E-state index contributed by atoms with van der Waals surface area (Å²) in [6, 6.07) is 6.79. The Kier molecular flexibility index (Phi) is 3.40. The second-order valence-electron chi connectivity index (χ2n) is 2.48. The molecule has 0 radical (unpaired) electrons. The fourth-order valence-corrected chi connectivity index (χ4v) is 1.34. The van der Waals surface area contributed by atoms with E-state index in [4.69, 9.17) is 0 Å². The lowest BCUT2D eigenvalue weighted by atomic mass is 10.3. The van der Waals surface area contributed by atoms with Crippen molar-refractivity contribution in [1.82, 2.24) is 0 Å². The van der Waals surface area contributed by atoms with E-state index in [1.807, 2.05) is 28.7 Å². The van der Waals surface area contributed by atoms with Crippen LogP contribution in [0.2, 0.25) is 0 Å². The van der Waals surface area contributed by atoms with Gasteiger partial charge < -0.3 is 5.32 Å². The van der Waals surface area contributed by atoms with Crippen molar-refractivity contribution < 1.29 is 13.2 Å². The van der Waals surface area contributed by atoms with Crippen LogP contribution in [0.25, 0.3) is 0 Å². The zero-order valence-corrected chi connectivity index (χ0v) is 8.69. The van der Waals surface area contributed by atoms with Crippen molar-refractivity contribution in [2.75, 3.05) is 11.9 Å². The number of nitrogens with one attached hydrogen (secondary N) is 1. The number of rotatable bonds is 2. The first-order chi connectivity index (χ1) is 5.97. The van der Waals surface area contributed by atoms with Crippen LogP contribution in [0.3, 0.4) is 0 Å². The van der Waals surface area contributed by atoms with Crippen molar-refractivity contribution in [3.63, 3.8) is 0 Å². The fourth-order valence-electron chi connectivity index (χ4n) is 0.801. The molecule has 1 aromatic carbocycles. The molecule has 0 heterocycles. The van der Waals surface area contributed by atoms with Gasteiger partial charge in [0.1, 0.15) is 6.54 Å². The largest absolute Gasteiger partial charge is 0.405 e. The summed E-state index contributed by atoms with van der Waals surface area (Å²) in [6.07, 6.45) is -4.17. The highest BCUT2D eigenvalue weighted by Gasteiger charge is 2.26. The predicted molar refractivity (Wildman–Crippen MR) is 53.7 cm³/mol. The van der Waals surface area contributed by atoms with E-state index >= 15 is 0 Å². The molecular formula is C8H7F3IN. The molecule has 0 aromatic heterocycles. The van der Waals surface area contributed by atoms with Crippen LogP contribution in [0.4, 0.5) is 18.9 Å². The average molecular weight is 301 g/mol. The van der Waals surface area contributed by atoms with Gasteiger partial charge in [0.05, 0.1) is 0 Å². The van der Waals surface area contributed by atoms with Crippen molar-refractivity contribution in [3.05, 3.63) is 27.8 Å². The minimum Gasteiger partial charge on any atom is -0.376 e. The van der Waals surface area contributed by atoms with Crippen LogP contribution in [0, 0.1) is 3.57 Å². The van der Waals surface area contributed by atoms with Crippen LogP contribution in [-0.2, 0) is 0 Å². The molecule has 13 heavy (non-hydrogen) atoms. The molecule has 0 aliphatic carbocycles. The van der Waals surface area contributed by atoms with Gasteiger partial charge in [-0.05, 0) is 40.8 Å². The Labute approximate surface area is 87.5 Å². The normalized spacial score (nSPS) is 11.4. The summed E-state index contributed by atoms with van der Waals surface area (Å²) in [5, 5.41) is 2.30. The van der Waals surface area contributed by atoms with Gasteiger partial charge in [0.25, 0.3) is 0 Å². The topological polar surface area (TPSA) is 12.0 Å². The maximum atomic E-state index is 11.8. The minimum absolute atomic E-state index is 0.490. The van der Waals surface area contributed by atoms with Crippen LogP contribution < -0.4 is 5.32 Å². The summed E-state index contributed by atoms with van der Waals surface area (Å²) >= 11 is 2.04. The van der Waals surface area contributed by atoms with Gasteiger partial charge in [-0.3, -0.25) is 0 Å². The first-order valence-electron chi connectivity index (χ1n) is 3.53. The quantitative estimate of drug-likeness (QED) is 0.827. The summed E-state index contributed by atoms with van der Waals surface area (Å²) < 4.78 is 36.2. The first-order valence-corrected chi connectivity index (χ1v) is 4.61. The maximum absolute atomic E-state index is 11.8. The molecule has 0 unspecified atom stereocenters. The van der Waals surface area contributed by atoms with Crippen molar-refractivity contribution in [2.24, 2.45) is 0 Å². The summed E-state index contributed by atoms with van der Waals surface area (Å²) in [5.74, 6) is 0. The van der Waals surface area contributed by atoms with Gasteiger partial charge in [0.2, 0.25) is 0 Å². The zero-order chi connectivity index (χ0) is 9.90. The van der Waals surface area contributed by atoms with Gasteiger partial charge in [-0.15, -0.1) is 0 Å². The molecule has 0 fully saturated rings. The highest BCUT2D eigenvalue weighted by molar-refractivity contribution is 14.1. The third-order valence-corrected chi connectivity index (χ3v) is 1.99. The van der Waals surface area contributed by atoms with Gasteiger partial charge >= 0.3 is 6.18 Å². The average Bonchev–Trinajstić information content (AvgIpc) is 2.00. The second kappa shape index (κ2) is 4.17. The number of anilines is 1. The van der Waals surface area contributed by atoms with Gasteiger partial charge in [-0.25, -0.2) is 0 Å². The Bertz CT molecular complexity index is 285. The van der Waals surface area contributed by atoms with Crippen LogP contribution in [-0.4, -0.2) is 12.7 Å². The van der Waals surface area contributed by atoms with E-state index in [1.54, 1.807) is 18.2 Å². The van der Waals surface area contributed by atoms with E-state index in [0.29, 0.717) is 5.69 Å². The Morgan fingerprint density at radius 1 is 1.31 bits per heavy atom. The molecule has 1 nitrogen and oxygen atoms in total. The number of alkyl halides is 3. The van der Waals surface area contributed by atoms with E-state index in [2.05, 4.69) is 5.32 Å². The molecule has 0 bridgehead atoms. The van der Waals surface area contributed by atoms with Crippen LogP contribution >= 0.6 is 22.6 Å². The SMILES string of the molecule is FC(F)(F)CNc1cccc(I)c1. The van der Waals surface area contributed by atoms with Crippen LogP contribution in [0.15, 0.2) is 24.3 Å². The molecule has 5 heteroatoms. The van der Waals surface area contributed by atoms with Crippen molar-refractivity contribution >= 4 is 28.3 Å². The summed E-state index contributed by atoms with van der Waals surface area (Å²) in [6.45, 7) is -0.993. The second-order valence-corrected chi connectivity index (χ2v) is 3.72. The van der Waals surface area contributed by atoms with E-state index in [0.717, 1.165) is 3.57 Å². The van der Waals surface area contributed by atoms with Crippen molar-refractivity contribution in [1.29, 1.82) is 0 Å². The third kappa shape index (κ3) is 4.35. The standard InChI is InChI=1S/C8H7F3IN/c9-8(10,11)5-13-7-3-1-2-6(12)4-7/h1-4,13H,5H2. The van der Waals surface area contributed by atoms with E-state index < -0.39 is 12.7 Å². The molecule has 1 N–H and O–H groups in total. The maximum Gasteiger partial charge on any atom is 0.405 e. The van der Waals surface area contributed by atoms with Gasteiger partial charge in [-0.2, -0.15) is 13.2 Å². The van der Waals surface area contributed by atoms with Gasteiger partial charge in [0, 0.05) is 9.26 Å². The smallest absolute Gasteiger partial charge is 0.376 e. The Balaban J connectivity index is 2.55. The summed E-state index contributed by atoms with van der Waals surface area (Å²) in [5.41, 5.74) is 0.490. The molecule has 0 amide bonds. The third-order valence-electron chi connectivity index (χ3n) is 1.32. The van der Waals surface area contributed by atoms with E-state index in [1.165, 1.54) is 0 Å². The predicted octanol–water partition coefficient (Wildman–Crippen LogP) is 3.27. The molecule has 72 valence electrons. The molecule has 1 rings (SSSR count). The number of halogens is 4. The van der Waals surface area contributed by atoms with Crippen LogP contribution in [0.5, 0.6) is 0 Å².